The first-order chi connectivity index (χ1) is 10.0. The Morgan fingerprint density at radius 3 is 2.67 bits per heavy atom. The average molecular weight is 286 g/mol. The minimum atomic E-state index is -1.00. The molecule has 0 saturated carbocycles. The quantitative estimate of drug-likeness (QED) is 0.916. The van der Waals surface area contributed by atoms with Crippen LogP contribution in [0.25, 0.3) is 10.9 Å². The lowest BCUT2D eigenvalue weighted by Gasteiger charge is -2.20. The maximum Gasteiger partial charge on any atom is 0.323 e. The third kappa shape index (κ3) is 3.56. The number of carboxylic acid groups (broad SMARTS) is 1. The SMILES string of the molecule is CCCN(CC(=O)O)C(=O)c1ccc2nc(C)ccc2c1. The molecule has 0 aliphatic rings. The molecule has 0 unspecified atom stereocenters. The predicted octanol–water partition coefficient (Wildman–Crippen LogP) is 2.48. The summed E-state index contributed by atoms with van der Waals surface area (Å²) >= 11 is 0. The molecule has 0 atom stereocenters. The van der Waals surface area contributed by atoms with E-state index in [0.717, 1.165) is 16.6 Å². The van der Waals surface area contributed by atoms with E-state index < -0.39 is 5.97 Å². The number of hydrogen-bond donors (Lipinski definition) is 1. The highest BCUT2D eigenvalue weighted by Gasteiger charge is 2.18. The van der Waals surface area contributed by atoms with Crippen LogP contribution in [0.5, 0.6) is 0 Å². The van der Waals surface area contributed by atoms with E-state index in [1.807, 2.05) is 26.0 Å². The first-order valence-corrected chi connectivity index (χ1v) is 6.89. The van der Waals surface area contributed by atoms with E-state index in [0.29, 0.717) is 18.5 Å². The number of aromatic nitrogens is 1. The standard InChI is InChI=1S/C16H18N2O3/c1-3-8-18(10-15(19)20)16(21)13-6-7-14-12(9-13)5-4-11(2)17-14/h4-7,9H,3,8,10H2,1-2H3,(H,19,20). The average Bonchev–Trinajstić information content (AvgIpc) is 2.45. The number of amides is 1. The molecular formula is C16H18N2O3. The third-order valence-corrected chi connectivity index (χ3v) is 3.18. The largest absolute Gasteiger partial charge is 0.480 e. The summed E-state index contributed by atoms with van der Waals surface area (Å²) < 4.78 is 0. The Morgan fingerprint density at radius 1 is 1.24 bits per heavy atom. The highest BCUT2D eigenvalue weighted by Crippen LogP contribution is 2.16. The van der Waals surface area contributed by atoms with Crippen LogP contribution in [-0.2, 0) is 4.79 Å². The molecule has 1 N–H and O–H groups in total. The summed E-state index contributed by atoms with van der Waals surface area (Å²) in [5.41, 5.74) is 2.23. The van der Waals surface area contributed by atoms with Gasteiger partial charge in [-0.2, -0.15) is 0 Å². The molecule has 0 spiro atoms. The van der Waals surface area contributed by atoms with Crippen LogP contribution in [0.3, 0.4) is 0 Å². The van der Waals surface area contributed by atoms with Crippen molar-refractivity contribution < 1.29 is 14.7 Å². The van der Waals surface area contributed by atoms with Crippen LogP contribution in [0, 0.1) is 6.92 Å². The van der Waals surface area contributed by atoms with Gasteiger partial charge in [0.1, 0.15) is 6.54 Å². The number of carbonyl (C=O) groups excluding carboxylic acids is 1. The number of carboxylic acids is 1. The Kier molecular flexibility index (Phi) is 4.52. The fourth-order valence-electron chi connectivity index (χ4n) is 2.23. The molecule has 5 nitrogen and oxygen atoms in total. The summed E-state index contributed by atoms with van der Waals surface area (Å²) in [7, 11) is 0. The second kappa shape index (κ2) is 6.35. The second-order valence-corrected chi connectivity index (χ2v) is 4.98. The summed E-state index contributed by atoms with van der Waals surface area (Å²) in [6.07, 6.45) is 0.716. The van der Waals surface area contributed by atoms with Crippen LogP contribution >= 0.6 is 0 Å². The normalized spacial score (nSPS) is 10.6. The van der Waals surface area contributed by atoms with Gasteiger partial charge in [-0.1, -0.05) is 13.0 Å². The van der Waals surface area contributed by atoms with Crippen LogP contribution in [0.1, 0.15) is 29.4 Å². The molecule has 0 aliphatic heterocycles. The summed E-state index contributed by atoms with van der Waals surface area (Å²) in [5.74, 6) is -1.27. The van der Waals surface area contributed by atoms with Crippen molar-refractivity contribution in [1.82, 2.24) is 9.88 Å². The van der Waals surface area contributed by atoms with E-state index in [9.17, 15) is 9.59 Å². The van der Waals surface area contributed by atoms with Gasteiger partial charge in [-0.05, 0) is 37.6 Å². The molecular weight excluding hydrogens is 268 g/mol. The zero-order chi connectivity index (χ0) is 15.4. The molecule has 0 aliphatic carbocycles. The van der Waals surface area contributed by atoms with Crippen molar-refractivity contribution in [2.45, 2.75) is 20.3 Å². The summed E-state index contributed by atoms with van der Waals surface area (Å²) in [6, 6.07) is 9.05. The molecule has 110 valence electrons. The van der Waals surface area contributed by atoms with Crippen molar-refractivity contribution in [1.29, 1.82) is 0 Å². The molecule has 1 aromatic heterocycles. The number of nitrogens with zero attached hydrogens (tertiary/aromatic N) is 2. The Hall–Kier alpha value is -2.43. The van der Waals surface area contributed by atoms with Gasteiger partial charge in [0, 0.05) is 23.2 Å². The molecule has 1 amide bonds. The van der Waals surface area contributed by atoms with Gasteiger partial charge in [-0.3, -0.25) is 14.6 Å². The van der Waals surface area contributed by atoms with Crippen molar-refractivity contribution in [2.24, 2.45) is 0 Å². The molecule has 2 rings (SSSR count). The first kappa shape index (κ1) is 15.0. The zero-order valence-electron chi connectivity index (χ0n) is 12.2. The van der Waals surface area contributed by atoms with Gasteiger partial charge in [-0.25, -0.2) is 0 Å². The Balaban J connectivity index is 2.32. The summed E-state index contributed by atoms with van der Waals surface area (Å²) in [5, 5.41) is 9.78. The monoisotopic (exact) mass is 286 g/mol. The van der Waals surface area contributed by atoms with E-state index in [2.05, 4.69) is 4.98 Å². The van der Waals surface area contributed by atoms with E-state index in [4.69, 9.17) is 5.11 Å². The molecule has 0 fully saturated rings. The van der Waals surface area contributed by atoms with Crippen molar-refractivity contribution in [3.63, 3.8) is 0 Å². The van der Waals surface area contributed by atoms with Gasteiger partial charge in [0.25, 0.3) is 5.91 Å². The number of fused-ring (bicyclic) bond motifs is 1. The Morgan fingerprint density at radius 2 is 2.00 bits per heavy atom. The number of aliphatic carboxylic acids is 1. The Bertz CT molecular complexity index is 682. The van der Waals surface area contributed by atoms with Crippen LogP contribution in [0.15, 0.2) is 30.3 Å². The van der Waals surface area contributed by atoms with Gasteiger partial charge in [0.2, 0.25) is 0 Å². The van der Waals surface area contributed by atoms with E-state index in [-0.39, 0.29) is 12.5 Å². The fraction of sp³-hybridized carbons (Fsp3) is 0.312. The Labute approximate surface area is 123 Å². The van der Waals surface area contributed by atoms with Gasteiger partial charge >= 0.3 is 5.97 Å². The molecule has 0 saturated heterocycles. The van der Waals surface area contributed by atoms with Gasteiger partial charge in [0.05, 0.1) is 5.52 Å². The molecule has 0 bridgehead atoms. The van der Waals surface area contributed by atoms with Crippen LogP contribution in [-0.4, -0.2) is 40.0 Å². The van der Waals surface area contributed by atoms with Gasteiger partial charge in [0.15, 0.2) is 0 Å². The smallest absolute Gasteiger partial charge is 0.323 e. The molecule has 5 heteroatoms. The lowest BCUT2D eigenvalue weighted by atomic mass is 10.1. The number of carbonyl (C=O) groups is 2. The summed E-state index contributed by atoms with van der Waals surface area (Å²) in [4.78, 5) is 29.0. The van der Waals surface area contributed by atoms with E-state index in [1.165, 1.54) is 4.90 Å². The number of pyridine rings is 1. The third-order valence-electron chi connectivity index (χ3n) is 3.18. The summed E-state index contributed by atoms with van der Waals surface area (Å²) in [6.45, 7) is 3.97. The van der Waals surface area contributed by atoms with Crippen LogP contribution in [0.4, 0.5) is 0 Å². The number of aryl methyl sites for hydroxylation is 1. The maximum atomic E-state index is 12.4. The van der Waals surface area contributed by atoms with Crippen molar-refractivity contribution in [3.8, 4) is 0 Å². The van der Waals surface area contributed by atoms with Crippen molar-refractivity contribution in [3.05, 3.63) is 41.6 Å². The molecule has 21 heavy (non-hydrogen) atoms. The highest BCUT2D eigenvalue weighted by molar-refractivity contribution is 5.99. The van der Waals surface area contributed by atoms with Crippen LogP contribution < -0.4 is 0 Å². The number of hydrogen-bond acceptors (Lipinski definition) is 3. The topological polar surface area (TPSA) is 70.5 Å². The lowest BCUT2D eigenvalue weighted by Crippen LogP contribution is -2.36. The molecule has 2 aromatic rings. The van der Waals surface area contributed by atoms with E-state index in [1.54, 1.807) is 18.2 Å². The van der Waals surface area contributed by atoms with Crippen molar-refractivity contribution in [2.75, 3.05) is 13.1 Å². The maximum absolute atomic E-state index is 12.4. The fourth-order valence-corrected chi connectivity index (χ4v) is 2.23. The number of benzene rings is 1. The number of rotatable bonds is 5. The van der Waals surface area contributed by atoms with Crippen LogP contribution in [0.2, 0.25) is 0 Å². The molecule has 1 aromatic carbocycles. The van der Waals surface area contributed by atoms with Gasteiger partial charge in [-0.15, -0.1) is 0 Å². The lowest BCUT2D eigenvalue weighted by molar-refractivity contribution is -0.137. The van der Waals surface area contributed by atoms with Crippen molar-refractivity contribution >= 4 is 22.8 Å². The predicted molar refractivity (Wildman–Crippen MR) is 80.3 cm³/mol. The minimum Gasteiger partial charge on any atom is -0.480 e. The van der Waals surface area contributed by atoms with Gasteiger partial charge < -0.3 is 10.0 Å². The van der Waals surface area contributed by atoms with E-state index >= 15 is 0 Å². The minimum absolute atomic E-state index is 0.262. The molecule has 1 heterocycles. The first-order valence-electron chi connectivity index (χ1n) is 6.89. The molecule has 0 radical (unpaired) electrons. The zero-order valence-corrected chi connectivity index (χ0v) is 12.2. The highest BCUT2D eigenvalue weighted by atomic mass is 16.4. The second-order valence-electron chi connectivity index (χ2n) is 4.98.